The van der Waals surface area contributed by atoms with E-state index in [4.69, 9.17) is 0 Å². The number of ketones is 1. The van der Waals surface area contributed by atoms with Crippen molar-refractivity contribution in [3.63, 3.8) is 0 Å². The summed E-state index contributed by atoms with van der Waals surface area (Å²) in [6.45, 7) is 11.1. The zero-order valence-corrected chi connectivity index (χ0v) is 9.57. The fourth-order valence-corrected chi connectivity index (χ4v) is 2.02. The number of aliphatic imine (C=N–C) groups is 1. The summed E-state index contributed by atoms with van der Waals surface area (Å²) in [4.78, 5) is 16.0. The van der Waals surface area contributed by atoms with Crippen molar-refractivity contribution in [1.82, 2.24) is 0 Å². The van der Waals surface area contributed by atoms with Gasteiger partial charge in [0.1, 0.15) is 5.70 Å². The number of hydrogen-bond acceptors (Lipinski definition) is 3. The lowest BCUT2D eigenvalue weighted by Gasteiger charge is -2.11. The van der Waals surface area contributed by atoms with E-state index in [9.17, 15) is 4.79 Å². The Morgan fingerprint density at radius 3 is 2.31 bits per heavy atom. The summed E-state index contributed by atoms with van der Waals surface area (Å²) in [5.41, 5.74) is 0.529. The van der Waals surface area contributed by atoms with Gasteiger partial charge in [0, 0.05) is 11.8 Å². The molecule has 0 bridgehead atoms. The van der Waals surface area contributed by atoms with E-state index in [1.54, 1.807) is 11.8 Å². The van der Waals surface area contributed by atoms with Gasteiger partial charge in [0.15, 0.2) is 5.78 Å². The van der Waals surface area contributed by atoms with Crippen LogP contribution in [0, 0.1) is 5.92 Å². The molecular formula is C10H17NOS. The molecule has 0 aliphatic rings. The molecule has 0 aliphatic heterocycles. The Balaban J connectivity index is 5.00. The van der Waals surface area contributed by atoms with Gasteiger partial charge >= 0.3 is 0 Å². The smallest absolute Gasteiger partial charge is 0.178 e. The summed E-state index contributed by atoms with van der Waals surface area (Å²) in [5.74, 6) is 1.30. The van der Waals surface area contributed by atoms with Crippen molar-refractivity contribution in [3.05, 3.63) is 10.6 Å². The highest BCUT2D eigenvalue weighted by molar-refractivity contribution is 8.03. The maximum absolute atomic E-state index is 11.2. The molecular weight excluding hydrogens is 182 g/mol. The highest BCUT2D eigenvalue weighted by Gasteiger charge is 2.13. The van der Waals surface area contributed by atoms with Crippen molar-refractivity contribution in [1.29, 1.82) is 0 Å². The molecule has 0 unspecified atom stereocenters. The fourth-order valence-electron chi connectivity index (χ4n) is 1.03. The standard InChI is InChI=1S/C10H17NOS/c1-6-13-10(7(2)3)9(11-5)8(4)12/h7H,5-6H2,1-4H3/b10-9-. The van der Waals surface area contributed by atoms with Gasteiger partial charge in [0.25, 0.3) is 0 Å². The van der Waals surface area contributed by atoms with Crippen molar-refractivity contribution in [2.24, 2.45) is 10.9 Å². The van der Waals surface area contributed by atoms with Gasteiger partial charge in [-0.15, -0.1) is 11.8 Å². The van der Waals surface area contributed by atoms with Crippen LogP contribution in [0.25, 0.3) is 0 Å². The Bertz CT molecular complexity index is 231. The van der Waals surface area contributed by atoms with E-state index in [2.05, 4.69) is 32.5 Å². The second-order valence-electron chi connectivity index (χ2n) is 3.01. The lowest BCUT2D eigenvalue weighted by atomic mass is 10.1. The molecule has 0 saturated heterocycles. The van der Waals surface area contributed by atoms with E-state index in [-0.39, 0.29) is 5.78 Å². The third kappa shape index (κ3) is 3.77. The number of Topliss-reactive ketones (excluding diaryl/α,β-unsaturated/α-hetero) is 1. The van der Waals surface area contributed by atoms with Crippen LogP contribution >= 0.6 is 11.8 Å². The quantitative estimate of drug-likeness (QED) is 0.503. The zero-order chi connectivity index (χ0) is 10.4. The normalized spacial score (nSPS) is 12.7. The van der Waals surface area contributed by atoms with E-state index in [1.807, 2.05) is 0 Å². The molecule has 0 rings (SSSR count). The molecule has 3 heteroatoms. The third-order valence-corrected chi connectivity index (χ3v) is 2.81. The van der Waals surface area contributed by atoms with E-state index >= 15 is 0 Å². The highest BCUT2D eigenvalue weighted by Crippen LogP contribution is 2.28. The Kier molecular flexibility index (Phi) is 5.71. The van der Waals surface area contributed by atoms with Crippen LogP contribution < -0.4 is 0 Å². The van der Waals surface area contributed by atoms with Crippen LogP contribution in [-0.2, 0) is 4.79 Å². The number of rotatable bonds is 5. The summed E-state index contributed by atoms with van der Waals surface area (Å²) in [7, 11) is 0. The highest BCUT2D eigenvalue weighted by atomic mass is 32.2. The summed E-state index contributed by atoms with van der Waals surface area (Å²) in [5, 5.41) is 0. The van der Waals surface area contributed by atoms with Gasteiger partial charge in [-0.25, -0.2) is 0 Å². The first-order valence-electron chi connectivity index (χ1n) is 4.39. The van der Waals surface area contributed by atoms with E-state index in [0.29, 0.717) is 11.6 Å². The van der Waals surface area contributed by atoms with Crippen molar-refractivity contribution in [3.8, 4) is 0 Å². The van der Waals surface area contributed by atoms with E-state index in [0.717, 1.165) is 10.7 Å². The van der Waals surface area contributed by atoms with Crippen LogP contribution in [0.15, 0.2) is 15.6 Å². The minimum atomic E-state index is -0.000324. The predicted molar refractivity (Wildman–Crippen MR) is 60.2 cm³/mol. The van der Waals surface area contributed by atoms with Gasteiger partial charge in [-0.2, -0.15) is 0 Å². The molecule has 0 spiro atoms. The molecule has 2 nitrogen and oxygen atoms in total. The Hall–Kier alpha value is -0.570. The number of nitrogens with zero attached hydrogens (tertiary/aromatic N) is 1. The zero-order valence-electron chi connectivity index (χ0n) is 8.76. The number of carbonyl (C=O) groups is 1. The monoisotopic (exact) mass is 199 g/mol. The first-order valence-corrected chi connectivity index (χ1v) is 5.37. The first kappa shape index (κ1) is 12.4. The summed E-state index contributed by atoms with van der Waals surface area (Å²) >= 11 is 1.67. The lowest BCUT2D eigenvalue weighted by Crippen LogP contribution is -2.02. The van der Waals surface area contributed by atoms with Gasteiger partial charge in [0.2, 0.25) is 0 Å². The van der Waals surface area contributed by atoms with Crippen LogP contribution in [0.2, 0.25) is 0 Å². The number of hydrogen-bond donors (Lipinski definition) is 0. The Labute approximate surface area is 84.5 Å². The lowest BCUT2D eigenvalue weighted by molar-refractivity contribution is -0.113. The van der Waals surface area contributed by atoms with Gasteiger partial charge in [-0.3, -0.25) is 9.79 Å². The topological polar surface area (TPSA) is 29.4 Å². The van der Waals surface area contributed by atoms with Gasteiger partial charge in [-0.1, -0.05) is 20.8 Å². The average molecular weight is 199 g/mol. The van der Waals surface area contributed by atoms with Crippen LogP contribution in [0.1, 0.15) is 27.7 Å². The second kappa shape index (κ2) is 5.97. The molecule has 0 radical (unpaired) electrons. The molecule has 0 aliphatic carbocycles. The van der Waals surface area contributed by atoms with Gasteiger partial charge in [-0.05, 0) is 18.4 Å². The largest absolute Gasteiger partial charge is 0.293 e. The molecule has 13 heavy (non-hydrogen) atoms. The summed E-state index contributed by atoms with van der Waals surface area (Å²) in [6.07, 6.45) is 0. The minimum absolute atomic E-state index is 0.000324. The van der Waals surface area contributed by atoms with Crippen LogP contribution in [-0.4, -0.2) is 18.3 Å². The molecule has 0 heterocycles. The second-order valence-corrected chi connectivity index (χ2v) is 4.32. The summed E-state index contributed by atoms with van der Waals surface area (Å²) < 4.78 is 0. The van der Waals surface area contributed by atoms with Crippen molar-refractivity contribution >= 4 is 24.3 Å². The molecule has 0 atom stereocenters. The van der Waals surface area contributed by atoms with Crippen molar-refractivity contribution in [2.45, 2.75) is 27.7 Å². The molecule has 0 amide bonds. The molecule has 0 aromatic heterocycles. The van der Waals surface area contributed by atoms with Crippen LogP contribution in [0.3, 0.4) is 0 Å². The number of allylic oxidation sites excluding steroid dienone is 2. The van der Waals surface area contributed by atoms with E-state index in [1.165, 1.54) is 6.92 Å². The number of thioether (sulfide) groups is 1. The van der Waals surface area contributed by atoms with Gasteiger partial charge in [0.05, 0.1) is 0 Å². The van der Waals surface area contributed by atoms with Crippen LogP contribution in [0.5, 0.6) is 0 Å². The van der Waals surface area contributed by atoms with Crippen molar-refractivity contribution in [2.75, 3.05) is 5.75 Å². The number of carbonyl (C=O) groups excluding carboxylic acids is 1. The maximum Gasteiger partial charge on any atom is 0.178 e. The molecule has 0 saturated carbocycles. The van der Waals surface area contributed by atoms with Crippen molar-refractivity contribution < 1.29 is 4.79 Å². The summed E-state index contributed by atoms with van der Waals surface area (Å²) in [6, 6.07) is 0. The molecule has 74 valence electrons. The maximum atomic E-state index is 11.2. The Morgan fingerprint density at radius 2 is 2.08 bits per heavy atom. The molecule has 0 N–H and O–H groups in total. The third-order valence-electron chi connectivity index (χ3n) is 1.55. The molecule has 0 aromatic rings. The SMILES string of the molecule is C=N/C(C(C)=O)=C(\SCC)C(C)C. The van der Waals surface area contributed by atoms with Gasteiger partial charge < -0.3 is 0 Å². The average Bonchev–Trinajstić information content (AvgIpc) is 2.03. The fraction of sp³-hybridized carbons (Fsp3) is 0.600. The Morgan fingerprint density at radius 1 is 1.54 bits per heavy atom. The van der Waals surface area contributed by atoms with Crippen LogP contribution in [0.4, 0.5) is 0 Å². The predicted octanol–water partition coefficient (Wildman–Crippen LogP) is 2.90. The minimum Gasteiger partial charge on any atom is -0.293 e. The van der Waals surface area contributed by atoms with E-state index < -0.39 is 0 Å². The molecule has 0 aromatic carbocycles. The molecule has 0 fully saturated rings. The first-order chi connectivity index (χ1) is 6.04.